The number of hydrogen-bond acceptors (Lipinski definition) is 11. The molecule has 3 fully saturated rings. The van der Waals surface area contributed by atoms with Gasteiger partial charge in [-0.15, -0.1) is 0 Å². The zero-order valence-electron chi connectivity index (χ0n) is 40.0. The number of hydrazine groups is 1. The van der Waals surface area contributed by atoms with E-state index in [1.165, 1.54) is 14.2 Å². The number of amides is 3. The molecule has 3 saturated heterocycles. The third-order valence-corrected chi connectivity index (χ3v) is 15.8. The summed E-state index contributed by atoms with van der Waals surface area (Å²) in [6.45, 7) is 15.9. The van der Waals surface area contributed by atoms with Gasteiger partial charge in [-0.25, -0.2) is 13.8 Å². The first-order chi connectivity index (χ1) is 31.8. The van der Waals surface area contributed by atoms with Gasteiger partial charge >= 0.3 is 5.97 Å². The Morgan fingerprint density at radius 3 is 2.51 bits per heavy atom. The predicted octanol–water partition coefficient (Wildman–Crippen LogP) is 4.93. The number of pyridine rings is 1. The van der Waals surface area contributed by atoms with Gasteiger partial charge in [0.2, 0.25) is 21.8 Å². The van der Waals surface area contributed by atoms with Crippen molar-refractivity contribution in [3.05, 3.63) is 71.5 Å². The molecule has 2 aromatic carbocycles. The first-order valence-electron chi connectivity index (χ1n) is 23.7. The average molecular weight is 939 g/mol. The lowest BCUT2D eigenvalue weighted by atomic mass is 9.83. The summed E-state index contributed by atoms with van der Waals surface area (Å²) in [6.07, 6.45) is 3.64. The second-order valence-electron chi connectivity index (χ2n) is 20.2. The minimum Gasteiger partial charge on any atom is -0.508 e. The molecule has 4 N–H and O–H groups in total. The van der Waals surface area contributed by atoms with Crippen LogP contribution < -0.4 is 16.1 Å². The molecule has 6 bridgehead atoms. The van der Waals surface area contributed by atoms with E-state index in [9.17, 15) is 32.7 Å². The summed E-state index contributed by atoms with van der Waals surface area (Å²) in [4.78, 5) is 63.5. The first kappa shape index (κ1) is 48.1. The first-order valence-corrected chi connectivity index (χ1v) is 25.3. The van der Waals surface area contributed by atoms with Crippen LogP contribution in [0.1, 0.15) is 90.5 Å². The standard InChI is InChI=1S/C50H66N8O8S/c1-9-57-41-15-14-32-24-37(41)38(45(57)36-12-10-17-51-43(36)29(2)3)25-50(6,7)28-66-49(63)39-13-11-18-58(54-39)48(62)40(22-31-20-34(32)23-35(59)21-31)53-46(60)44(30(4)5)55(8)47(61)33-16-19-56(27-33)67(64,65)42-26-52-42/h10,12,14-15,17,20-21,23-24,29-30,33,39-40,42,44,52,54,59H,9,11,13,16,18-19,22,25-28H2,1-8H3,(H,53,60)/t33-,39-,40-,42-,44-/m0/s1. The van der Waals surface area contributed by atoms with Gasteiger partial charge in [-0.1, -0.05) is 53.7 Å². The van der Waals surface area contributed by atoms with Crippen molar-refractivity contribution in [3.63, 3.8) is 0 Å². The molecule has 8 rings (SSSR count). The zero-order valence-corrected chi connectivity index (χ0v) is 40.8. The molecule has 360 valence electrons. The maximum Gasteiger partial charge on any atom is 0.324 e. The van der Waals surface area contributed by atoms with E-state index in [0.29, 0.717) is 44.3 Å². The smallest absolute Gasteiger partial charge is 0.324 e. The highest BCUT2D eigenvalue weighted by Gasteiger charge is 2.46. The Morgan fingerprint density at radius 1 is 1.04 bits per heavy atom. The Morgan fingerprint density at radius 2 is 1.81 bits per heavy atom. The number of likely N-dealkylation sites (N-methyl/N-ethyl adjacent to an activating group) is 1. The normalized spacial score (nSPS) is 23.0. The van der Waals surface area contributed by atoms with Crippen molar-refractivity contribution in [2.24, 2.45) is 17.3 Å². The van der Waals surface area contributed by atoms with Crippen molar-refractivity contribution in [1.82, 2.24) is 39.8 Å². The van der Waals surface area contributed by atoms with E-state index in [1.807, 2.05) is 38.2 Å². The van der Waals surface area contributed by atoms with Crippen LogP contribution in [0.2, 0.25) is 0 Å². The number of phenolic OH excluding ortho intramolecular Hbond substituents is 1. The molecule has 16 nitrogen and oxygen atoms in total. The molecule has 0 spiro atoms. The lowest BCUT2D eigenvalue weighted by Crippen LogP contribution is -2.62. The summed E-state index contributed by atoms with van der Waals surface area (Å²) < 4.78 is 35.7. The van der Waals surface area contributed by atoms with Crippen LogP contribution in [-0.2, 0) is 53.3 Å². The highest BCUT2D eigenvalue weighted by molar-refractivity contribution is 7.90. The number of benzene rings is 2. The molecule has 17 heteroatoms. The number of fused-ring (bicyclic) bond motifs is 6. The third-order valence-electron chi connectivity index (χ3n) is 13.7. The lowest BCUT2D eigenvalue weighted by molar-refractivity contribution is -0.155. The number of rotatable bonds is 10. The summed E-state index contributed by atoms with van der Waals surface area (Å²) >= 11 is 0. The van der Waals surface area contributed by atoms with Crippen LogP contribution in [0.3, 0.4) is 0 Å². The van der Waals surface area contributed by atoms with Gasteiger partial charge in [-0.2, -0.15) is 4.31 Å². The molecule has 4 aromatic rings. The van der Waals surface area contributed by atoms with Gasteiger partial charge in [0.1, 0.15) is 29.2 Å². The predicted molar refractivity (Wildman–Crippen MR) is 256 cm³/mol. The Hall–Kier alpha value is -5.36. The number of sulfonamides is 1. The van der Waals surface area contributed by atoms with Crippen molar-refractivity contribution < 1.29 is 37.4 Å². The van der Waals surface area contributed by atoms with Gasteiger partial charge in [0.25, 0.3) is 5.91 Å². The Kier molecular flexibility index (Phi) is 13.6. The van der Waals surface area contributed by atoms with E-state index in [4.69, 9.17) is 9.72 Å². The van der Waals surface area contributed by atoms with Crippen molar-refractivity contribution in [2.75, 3.05) is 39.8 Å². The summed E-state index contributed by atoms with van der Waals surface area (Å²) in [5, 5.41) is 18.9. The molecule has 0 unspecified atom stereocenters. The molecule has 4 aliphatic rings. The number of carbonyl (C=O) groups excluding carboxylic acids is 4. The number of aromatic nitrogens is 2. The summed E-state index contributed by atoms with van der Waals surface area (Å²) in [7, 11) is -2.03. The number of ether oxygens (including phenoxy) is 1. The number of carbonyl (C=O) groups is 4. The minimum absolute atomic E-state index is 0.0148. The highest BCUT2D eigenvalue weighted by Crippen LogP contribution is 2.42. The van der Waals surface area contributed by atoms with Crippen molar-refractivity contribution >= 4 is 44.6 Å². The monoisotopic (exact) mass is 938 g/mol. The van der Waals surface area contributed by atoms with E-state index >= 15 is 0 Å². The molecule has 0 radical (unpaired) electrons. The maximum absolute atomic E-state index is 14.7. The molecular weight excluding hydrogens is 873 g/mol. The van der Waals surface area contributed by atoms with Gasteiger partial charge in [0.05, 0.1) is 23.9 Å². The molecule has 0 saturated carbocycles. The number of cyclic esters (lactones) is 1. The second kappa shape index (κ2) is 19.0. The van der Waals surface area contributed by atoms with Crippen molar-refractivity contribution in [3.8, 4) is 28.1 Å². The van der Waals surface area contributed by atoms with E-state index in [1.54, 1.807) is 19.2 Å². The Bertz CT molecular complexity index is 2680. The van der Waals surface area contributed by atoms with Crippen LogP contribution in [0.15, 0.2) is 54.7 Å². The van der Waals surface area contributed by atoms with E-state index in [-0.39, 0.29) is 56.2 Å². The van der Waals surface area contributed by atoms with Crippen molar-refractivity contribution in [1.29, 1.82) is 0 Å². The molecule has 5 atom stereocenters. The molecule has 6 heterocycles. The summed E-state index contributed by atoms with van der Waals surface area (Å²) in [6, 6.07) is 12.6. The van der Waals surface area contributed by atoms with Crippen molar-refractivity contribution in [2.45, 2.75) is 117 Å². The molecule has 0 aliphatic carbocycles. The number of hydrogen-bond donors (Lipinski definition) is 4. The number of nitrogens with one attached hydrogen (secondary N) is 3. The molecule has 2 aromatic heterocycles. The number of aromatic hydroxyl groups is 1. The fraction of sp³-hybridized carbons (Fsp3) is 0.540. The van der Waals surface area contributed by atoms with E-state index < -0.39 is 62.6 Å². The lowest BCUT2D eigenvalue weighted by Gasteiger charge is -2.37. The van der Waals surface area contributed by atoms with Crippen LogP contribution >= 0.6 is 0 Å². The van der Waals surface area contributed by atoms with Crippen LogP contribution in [0.5, 0.6) is 5.75 Å². The summed E-state index contributed by atoms with van der Waals surface area (Å²) in [5.74, 6) is -2.76. The number of esters is 1. The number of aryl methyl sites for hydroxylation is 1. The fourth-order valence-corrected chi connectivity index (χ4v) is 11.9. The third kappa shape index (κ3) is 9.83. The average Bonchev–Trinajstić information content (AvgIpc) is 3.97. The van der Waals surface area contributed by atoms with Gasteiger partial charge in [-0.05, 0) is 103 Å². The van der Waals surface area contributed by atoms with Gasteiger partial charge < -0.3 is 24.6 Å². The Labute approximate surface area is 393 Å². The molecule has 3 amide bonds. The SMILES string of the molecule is CCn1c(-c2cccnc2C(C)C)c2c3cc(ccc31)-c1cc(O)cc(c1)C[C@H](NC(=O)[C@H](C(C)C)N(C)C(=O)[C@H]1CCN(S(=O)(=O)[C@H]3CN3)C1)C(=O)N1CCC[C@H](N1)C(=O)OCC(C)(C)C2. The number of nitrogens with zero attached hydrogens (tertiary/aromatic N) is 5. The largest absolute Gasteiger partial charge is 0.508 e. The highest BCUT2D eigenvalue weighted by atomic mass is 32.2. The molecule has 4 aliphatic heterocycles. The second-order valence-corrected chi connectivity index (χ2v) is 22.3. The molecule has 67 heavy (non-hydrogen) atoms. The fourth-order valence-electron chi connectivity index (χ4n) is 10.3. The van der Waals surface area contributed by atoms with Crippen LogP contribution in [0.25, 0.3) is 33.3 Å². The van der Waals surface area contributed by atoms with Crippen LogP contribution in [0.4, 0.5) is 0 Å². The maximum atomic E-state index is 14.7. The van der Waals surface area contributed by atoms with Gasteiger partial charge in [0.15, 0.2) is 0 Å². The van der Waals surface area contributed by atoms with Crippen LogP contribution in [0, 0.1) is 17.3 Å². The topological polar surface area (TPSA) is 205 Å². The molecular formula is C50H66N8O8S. The Balaban J connectivity index is 1.17. The van der Waals surface area contributed by atoms with E-state index in [2.05, 4.69) is 73.4 Å². The van der Waals surface area contributed by atoms with Gasteiger partial charge in [0, 0.05) is 74.3 Å². The zero-order chi connectivity index (χ0) is 48.1. The minimum atomic E-state index is -3.57. The van der Waals surface area contributed by atoms with Crippen LogP contribution in [-0.4, -0.2) is 124 Å². The number of phenols is 1. The van der Waals surface area contributed by atoms with E-state index in [0.717, 1.165) is 44.5 Å². The quantitative estimate of drug-likeness (QED) is 0.124. The van der Waals surface area contributed by atoms with Gasteiger partial charge in [-0.3, -0.25) is 34.5 Å². The summed E-state index contributed by atoms with van der Waals surface area (Å²) in [5.41, 5.74) is 9.96.